The van der Waals surface area contributed by atoms with Crippen molar-refractivity contribution in [2.24, 2.45) is 52.3 Å². The van der Waals surface area contributed by atoms with Crippen molar-refractivity contribution in [1.82, 2.24) is 10.2 Å². The summed E-state index contributed by atoms with van der Waals surface area (Å²) < 4.78 is 5.91. The van der Waals surface area contributed by atoms with Gasteiger partial charge < -0.3 is 15.0 Å². The van der Waals surface area contributed by atoms with Crippen LogP contribution in [-0.4, -0.2) is 44.3 Å². The number of alkyl carbamates (subject to hydrolysis) is 1. The number of nitrogens with one attached hydrogen (secondary N) is 1. The van der Waals surface area contributed by atoms with Gasteiger partial charge in [0.2, 0.25) is 0 Å². The van der Waals surface area contributed by atoms with E-state index in [9.17, 15) is 4.79 Å². The zero-order chi connectivity index (χ0) is 26.1. The lowest BCUT2D eigenvalue weighted by molar-refractivity contribution is -0.129. The summed E-state index contributed by atoms with van der Waals surface area (Å²) in [5.74, 6) is 6.17. The van der Waals surface area contributed by atoms with Crippen molar-refractivity contribution in [3.8, 4) is 0 Å². The first-order valence-corrected chi connectivity index (χ1v) is 15.6. The predicted molar refractivity (Wildman–Crippen MR) is 152 cm³/mol. The van der Waals surface area contributed by atoms with Gasteiger partial charge in [-0.05, 0) is 124 Å². The molecule has 0 aliphatic heterocycles. The average Bonchev–Trinajstić information content (AvgIpc) is 3.16. The molecular formula is C32H60N2O2. The van der Waals surface area contributed by atoms with Crippen molar-refractivity contribution < 1.29 is 11.0 Å². The molecule has 210 valence electrons. The highest BCUT2D eigenvalue weighted by Crippen LogP contribution is 2.68. The van der Waals surface area contributed by atoms with E-state index in [2.05, 4.69) is 44.8 Å². The SMILES string of the molecule is CC(C)CCC[C@@H](C)[C@H]1CC[C@H]2[C@@H]3CCC4C[C@@H](OC(=O)NCCN(C)C)CC[C@]4(C)[C@H]3CC[C@]12C.[HH]. The highest BCUT2D eigenvalue weighted by molar-refractivity contribution is 5.67. The molecule has 4 aliphatic rings. The van der Waals surface area contributed by atoms with Crippen molar-refractivity contribution in [2.75, 3.05) is 27.2 Å². The molecule has 4 nitrogen and oxygen atoms in total. The topological polar surface area (TPSA) is 41.6 Å². The molecule has 0 spiro atoms. The molecule has 4 heteroatoms. The lowest BCUT2D eigenvalue weighted by Gasteiger charge is -2.61. The molecule has 1 unspecified atom stereocenters. The highest BCUT2D eigenvalue weighted by atomic mass is 16.6. The number of rotatable bonds is 9. The van der Waals surface area contributed by atoms with Crippen LogP contribution in [0, 0.1) is 52.3 Å². The van der Waals surface area contributed by atoms with Crippen molar-refractivity contribution in [3.63, 3.8) is 0 Å². The van der Waals surface area contributed by atoms with Crippen LogP contribution in [-0.2, 0) is 4.74 Å². The smallest absolute Gasteiger partial charge is 0.407 e. The van der Waals surface area contributed by atoms with Crippen LogP contribution in [0.2, 0.25) is 0 Å². The zero-order valence-corrected chi connectivity index (χ0v) is 24.8. The molecule has 0 aromatic rings. The zero-order valence-electron chi connectivity index (χ0n) is 24.8. The second-order valence-electron chi connectivity index (χ2n) is 14.7. The maximum Gasteiger partial charge on any atom is 0.407 e. The molecule has 4 rings (SSSR count). The van der Waals surface area contributed by atoms with Gasteiger partial charge in [-0.15, -0.1) is 0 Å². The lowest BCUT2D eigenvalue weighted by Crippen LogP contribution is -2.54. The number of carbonyl (C=O) groups is 1. The Hall–Kier alpha value is -0.770. The lowest BCUT2D eigenvalue weighted by atomic mass is 9.44. The maximum atomic E-state index is 12.4. The summed E-state index contributed by atoms with van der Waals surface area (Å²) in [6.45, 7) is 14.2. The third-order valence-electron chi connectivity index (χ3n) is 11.9. The van der Waals surface area contributed by atoms with E-state index in [0.717, 1.165) is 60.8 Å². The van der Waals surface area contributed by atoms with Crippen LogP contribution in [0.25, 0.3) is 0 Å². The van der Waals surface area contributed by atoms with Gasteiger partial charge in [0.05, 0.1) is 0 Å². The number of nitrogens with zero attached hydrogens (tertiary/aromatic N) is 1. The normalized spacial score (nSPS) is 40.9. The number of carbonyl (C=O) groups excluding carboxylic acids is 1. The van der Waals surface area contributed by atoms with E-state index in [0.29, 0.717) is 17.4 Å². The Balaban J connectivity index is 0.00000380. The molecule has 4 fully saturated rings. The standard InChI is InChI=1S/C32H58N2O2.H2/c1-22(2)9-8-10-23(3)27-13-14-28-26-12-11-24-21-25(36-30(35)33-19-20-34(6)7)15-17-31(24,4)29(26)16-18-32(27,28)5;/h22-29H,8-21H2,1-7H3,(H,33,35);1H/t23-,24?,25+,26+,27-,28+,29+,31+,32-;/m1./s1. The second-order valence-corrected chi connectivity index (χ2v) is 14.7. The van der Waals surface area contributed by atoms with Gasteiger partial charge in [-0.1, -0.05) is 53.9 Å². The summed E-state index contributed by atoms with van der Waals surface area (Å²) in [5.41, 5.74) is 1.03. The minimum atomic E-state index is -0.216. The third-order valence-corrected chi connectivity index (χ3v) is 11.9. The largest absolute Gasteiger partial charge is 0.446 e. The first kappa shape index (κ1) is 28.2. The molecule has 9 atom stereocenters. The summed E-state index contributed by atoms with van der Waals surface area (Å²) in [7, 11) is 4.05. The number of likely N-dealkylation sites (N-methyl/N-ethyl adjacent to an activating group) is 1. The van der Waals surface area contributed by atoms with E-state index in [1.54, 1.807) is 0 Å². The number of hydrogen-bond donors (Lipinski definition) is 1. The molecule has 0 heterocycles. The van der Waals surface area contributed by atoms with E-state index in [1.807, 2.05) is 14.1 Å². The van der Waals surface area contributed by atoms with E-state index < -0.39 is 0 Å². The van der Waals surface area contributed by atoms with Gasteiger partial charge in [-0.25, -0.2) is 4.79 Å². The third kappa shape index (κ3) is 5.79. The molecule has 0 bridgehead atoms. The van der Waals surface area contributed by atoms with Crippen LogP contribution in [0.5, 0.6) is 0 Å². The van der Waals surface area contributed by atoms with Crippen LogP contribution in [0.15, 0.2) is 0 Å². The first-order chi connectivity index (χ1) is 17.0. The van der Waals surface area contributed by atoms with Crippen molar-refractivity contribution in [1.29, 1.82) is 0 Å². The van der Waals surface area contributed by atoms with E-state index in [1.165, 1.54) is 64.2 Å². The average molecular weight is 505 g/mol. The molecule has 36 heavy (non-hydrogen) atoms. The van der Waals surface area contributed by atoms with Crippen LogP contribution in [0.1, 0.15) is 113 Å². The second kappa shape index (κ2) is 11.5. The Bertz CT molecular complexity index is 744. The quantitative estimate of drug-likeness (QED) is 0.346. The van der Waals surface area contributed by atoms with Gasteiger partial charge in [0, 0.05) is 14.5 Å². The molecule has 0 aromatic heterocycles. The molecule has 1 N–H and O–H groups in total. The molecule has 4 saturated carbocycles. The fourth-order valence-corrected chi connectivity index (χ4v) is 9.92. The van der Waals surface area contributed by atoms with E-state index in [4.69, 9.17) is 4.74 Å². The van der Waals surface area contributed by atoms with Crippen molar-refractivity contribution >= 4 is 6.09 Å². The molecular weight excluding hydrogens is 444 g/mol. The summed E-state index contributed by atoms with van der Waals surface area (Å²) >= 11 is 0. The van der Waals surface area contributed by atoms with Crippen molar-refractivity contribution in [2.45, 2.75) is 118 Å². The van der Waals surface area contributed by atoms with Gasteiger partial charge in [0.1, 0.15) is 6.10 Å². The van der Waals surface area contributed by atoms with Crippen LogP contribution in [0.3, 0.4) is 0 Å². The fraction of sp³-hybridized carbons (Fsp3) is 0.969. The molecule has 0 saturated heterocycles. The minimum absolute atomic E-state index is 0. The fourth-order valence-electron chi connectivity index (χ4n) is 9.92. The highest BCUT2D eigenvalue weighted by Gasteiger charge is 2.60. The van der Waals surface area contributed by atoms with Crippen molar-refractivity contribution in [3.05, 3.63) is 0 Å². The first-order valence-electron chi connectivity index (χ1n) is 15.6. The van der Waals surface area contributed by atoms with Gasteiger partial charge in [0.25, 0.3) is 0 Å². The van der Waals surface area contributed by atoms with Gasteiger partial charge in [-0.3, -0.25) is 0 Å². The Morgan fingerprint density at radius 3 is 2.42 bits per heavy atom. The van der Waals surface area contributed by atoms with Crippen LogP contribution < -0.4 is 5.32 Å². The Morgan fingerprint density at radius 2 is 1.69 bits per heavy atom. The van der Waals surface area contributed by atoms with E-state index >= 15 is 0 Å². The molecule has 4 aliphatic carbocycles. The monoisotopic (exact) mass is 504 g/mol. The summed E-state index contributed by atoms with van der Waals surface area (Å²) in [4.78, 5) is 14.4. The maximum absolute atomic E-state index is 12.4. The summed E-state index contributed by atoms with van der Waals surface area (Å²) in [6.07, 6.45) is 16.1. The Labute approximate surface area is 224 Å². The van der Waals surface area contributed by atoms with Crippen LogP contribution in [0.4, 0.5) is 4.79 Å². The van der Waals surface area contributed by atoms with Gasteiger partial charge in [0.15, 0.2) is 0 Å². The van der Waals surface area contributed by atoms with E-state index in [-0.39, 0.29) is 13.6 Å². The van der Waals surface area contributed by atoms with Gasteiger partial charge in [-0.2, -0.15) is 0 Å². The summed E-state index contributed by atoms with van der Waals surface area (Å²) in [6, 6.07) is 0. The summed E-state index contributed by atoms with van der Waals surface area (Å²) in [5, 5.41) is 2.95. The molecule has 0 radical (unpaired) electrons. The van der Waals surface area contributed by atoms with Gasteiger partial charge >= 0.3 is 6.09 Å². The molecule has 1 amide bonds. The van der Waals surface area contributed by atoms with Crippen LogP contribution >= 0.6 is 0 Å². The number of ether oxygens (including phenoxy) is 1. The number of fused-ring (bicyclic) bond motifs is 5. The predicted octanol–water partition coefficient (Wildman–Crippen LogP) is 8.01. The number of amides is 1. The molecule has 0 aromatic carbocycles. The Kier molecular flexibility index (Phi) is 9.05. The Morgan fingerprint density at radius 1 is 0.972 bits per heavy atom. The minimum Gasteiger partial charge on any atom is -0.446 e. The number of hydrogen-bond acceptors (Lipinski definition) is 3.